The average Bonchev–Trinajstić information content (AvgIpc) is 2.19. The molecule has 0 aliphatic rings. The fourth-order valence-corrected chi connectivity index (χ4v) is 1.58. The molecule has 0 aliphatic carbocycles. The Labute approximate surface area is 76.8 Å². The highest BCUT2D eigenvalue weighted by atomic mass is 16.5. The molecule has 0 amide bonds. The fourth-order valence-electron chi connectivity index (χ4n) is 1.58. The summed E-state index contributed by atoms with van der Waals surface area (Å²) in [6.45, 7) is 2.02. The number of aryl methyl sites for hydroxylation is 1. The first-order valence-electron chi connectivity index (χ1n) is 4.28. The van der Waals surface area contributed by atoms with Gasteiger partial charge < -0.3 is 0 Å². The quantitative estimate of drug-likeness (QED) is 0.501. The molecule has 0 fully saturated rings. The highest BCUT2D eigenvalue weighted by molar-refractivity contribution is 5.88. The summed E-state index contributed by atoms with van der Waals surface area (Å²) in [6, 6.07) is 12.1. The third-order valence-electron chi connectivity index (χ3n) is 2.38. The van der Waals surface area contributed by atoms with Crippen molar-refractivity contribution < 1.29 is 10.7 Å². The molecule has 0 spiro atoms. The Morgan fingerprint density at radius 1 is 1.08 bits per heavy atom. The van der Waals surface area contributed by atoms with Gasteiger partial charge in [-0.2, -0.15) is 5.48 Å². The standard InChI is InChI=1S/C11H11NO/c1-8-10-5-3-2-4-9(10)6-7-11(8)12-13/h2-7,12-13H,1H3/p+1. The number of hydrogen-bond acceptors (Lipinski definition) is 1. The van der Waals surface area contributed by atoms with E-state index in [1.165, 1.54) is 10.8 Å². The van der Waals surface area contributed by atoms with Gasteiger partial charge in [0.15, 0.2) is 5.69 Å². The molecule has 0 aromatic heterocycles. The minimum atomic E-state index is 0.888. The van der Waals surface area contributed by atoms with Crippen molar-refractivity contribution in [3.8, 4) is 0 Å². The maximum Gasteiger partial charge on any atom is 0.165 e. The average molecular weight is 174 g/mol. The van der Waals surface area contributed by atoms with Gasteiger partial charge in [-0.1, -0.05) is 24.3 Å². The third-order valence-corrected chi connectivity index (χ3v) is 2.38. The number of quaternary nitrogens is 1. The van der Waals surface area contributed by atoms with Crippen LogP contribution < -0.4 is 5.48 Å². The summed E-state index contributed by atoms with van der Waals surface area (Å²) in [7, 11) is 0. The van der Waals surface area contributed by atoms with Crippen LogP contribution >= 0.6 is 0 Å². The minimum Gasteiger partial charge on any atom is -0.215 e. The monoisotopic (exact) mass is 174 g/mol. The zero-order chi connectivity index (χ0) is 9.26. The molecule has 2 rings (SSSR count). The van der Waals surface area contributed by atoms with Gasteiger partial charge in [0.25, 0.3) is 0 Å². The van der Waals surface area contributed by atoms with Gasteiger partial charge in [0.1, 0.15) is 0 Å². The molecular weight excluding hydrogens is 162 g/mol. The van der Waals surface area contributed by atoms with E-state index < -0.39 is 0 Å². The van der Waals surface area contributed by atoms with E-state index in [-0.39, 0.29) is 0 Å². The molecule has 0 aliphatic heterocycles. The number of fused-ring (bicyclic) bond motifs is 1. The summed E-state index contributed by atoms with van der Waals surface area (Å²) in [6.07, 6.45) is 0. The summed E-state index contributed by atoms with van der Waals surface area (Å²) in [5.74, 6) is 0. The molecule has 0 heterocycles. The Morgan fingerprint density at radius 2 is 1.85 bits per heavy atom. The Bertz CT molecular complexity index is 437. The molecule has 0 radical (unpaired) electrons. The van der Waals surface area contributed by atoms with Crippen molar-refractivity contribution >= 4 is 16.5 Å². The lowest BCUT2D eigenvalue weighted by molar-refractivity contribution is -0.826. The molecule has 13 heavy (non-hydrogen) atoms. The molecule has 2 aromatic carbocycles. The van der Waals surface area contributed by atoms with Crippen LogP contribution in [0.1, 0.15) is 5.56 Å². The zero-order valence-corrected chi connectivity index (χ0v) is 7.49. The number of rotatable bonds is 1. The summed E-state index contributed by atoms with van der Waals surface area (Å²) in [5, 5.41) is 11.4. The molecule has 0 unspecified atom stereocenters. The molecule has 0 bridgehead atoms. The van der Waals surface area contributed by atoms with E-state index in [4.69, 9.17) is 5.21 Å². The van der Waals surface area contributed by atoms with E-state index in [0.717, 1.165) is 16.7 Å². The zero-order valence-electron chi connectivity index (χ0n) is 7.49. The van der Waals surface area contributed by atoms with E-state index in [1.807, 2.05) is 31.2 Å². The van der Waals surface area contributed by atoms with Crippen molar-refractivity contribution in [1.82, 2.24) is 0 Å². The van der Waals surface area contributed by atoms with Crippen LogP contribution in [-0.4, -0.2) is 5.21 Å². The predicted molar refractivity (Wildman–Crippen MR) is 52.1 cm³/mol. The van der Waals surface area contributed by atoms with Gasteiger partial charge >= 0.3 is 0 Å². The Kier molecular flexibility index (Phi) is 2.00. The summed E-state index contributed by atoms with van der Waals surface area (Å²) >= 11 is 0. The van der Waals surface area contributed by atoms with Gasteiger partial charge in [-0.05, 0) is 23.8 Å². The lowest BCUT2D eigenvalue weighted by Gasteiger charge is -2.03. The first-order chi connectivity index (χ1) is 6.33. The van der Waals surface area contributed by atoms with E-state index in [0.29, 0.717) is 0 Å². The molecule has 2 heteroatoms. The van der Waals surface area contributed by atoms with Crippen LogP contribution in [0.3, 0.4) is 0 Å². The second-order valence-electron chi connectivity index (χ2n) is 3.13. The number of nitrogens with two attached hydrogens (primary N) is 1. The van der Waals surface area contributed by atoms with E-state index in [1.54, 1.807) is 0 Å². The maximum atomic E-state index is 8.95. The van der Waals surface area contributed by atoms with E-state index in [9.17, 15) is 0 Å². The predicted octanol–water partition coefficient (Wildman–Crippen LogP) is 1.73. The minimum absolute atomic E-state index is 0.888. The molecule has 0 saturated heterocycles. The summed E-state index contributed by atoms with van der Waals surface area (Å²) < 4.78 is 0. The molecule has 2 nitrogen and oxygen atoms in total. The van der Waals surface area contributed by atoms with Gasteiger partial charge in [0.2, 0.25) is 0 Å². The smallest absolute Gasteiger partial charge is 0.165 e. The SMILES string of the molecule is Cc1c([NH2+]O)ccc2ccccc12. The Morgan fingerprint density at radius 3 is 2.62 bits per heavy atom. The fraction of sp³-hybridized carbons (Fsp3) is 0.0909. The summed E-state index contributed by atoms with van der Waals surface area (Å²) in [4.78, 5) is 0. The molecule has 66 valence electrons. The molecule has 3 N–H and O–H groups in total. The molecule has 0 atom stereocenters. The third kappa shape index (κ3) is 1.30. The van der Waals surface area contributed by atoms with E-state index >= 15 is 0 Å². The van der Waals surface area contributed by atoms with Crippen LogP contribution in [0.2, 0.25) is 0 Å². The number of hydrogen-bond donors (Lipinski definition) is 2. The topological polar surface area (TPSA) is 36.8 Å². The highest BCUT2D eigenvalue weighted by Gasteiger charge is 2.04. The van der Waals surface area contributed by atoms with Gasteiger partial charge in [0, 0.05) is 11.6 Å². The van der Waals surface area contributed by atoms with Crippen molar-refractivity contribution in [2.45, 2.75) is 6.92 Å². The summed E-state index contributed by atoms with van der Waals surface area (Å²) in [5.41, 5.74) is 3.17. The largest absolute Gasteiger partial charge is 0.215 e. The van der Waals surface area contributed by atoms with Gasteiger partial charge in [-0.15, -0.1) is 0 Å². The van der Waals surface area contributed by atoms with Gasteiger partial charge in [0.05, 0.1) is 0 Å². The van der Waals surface area contributed by atoms with Crippen molar-refractivity contribution in [2.24, 2.45) is 0 Å². The van der Waals surface area contributed by atoms with Crippen molar-refractivity contribution in [1.29, 1.82) is 0 Å². The molecule has 0 saturated carbocycles. The van der Waals surface area contributed by atoms with Crippen LogP contribution in [0.15, 0.2) is 36.4 Å². The first kappa shape index (κ1) is 8.23. The molecular formula is C11H12NO+. The second kappa shape index (κ2) is 3.17. The second-order valence-corrected chi connectivity index (χ2v) is 3.13. The normalized spacial score (nSPS) is 10.6. The Hall–Kier alpha value is -1.38. The van der Waals surface area contributed by atoms with E-state index in [2.05, 4.69) is 12.1 Å². The first-order valence-corrected chi connectivity index (χ1v) is 4.28. The van der Waals surface area contributed by atoms with Crippen LogP contribution in [0.5, 0.6) is 0 Å². The van der Waals surface area contributed by atoms with Crippen LogP contribution in [0.4, 0.5) is 5.69 Å². The van der Waals surface area contributed by atoms with Crippen molar-refractivity contribution in [3.05, 3.63) is 42.0 Å². The highest BCUT2D eigenvalue weighted by Crippen LogP contribution is 2.21. The van der Waals surface area contributed by atoms with Gasteiger partial charge in [-0.25, -0.2) is 5.21 Å². The van der Waals surface area contributed by atoms with Crippen LogP contribution in [-0.2, 0) is 0 Å². The van der Waals surface area contributed by atoms with Crippen LogP contribution in [0, 0.1) is 6.92 Å². The lowest BCUT2D eigenvalue weighted by Crippen LogP contribution is -2.74. The van der Waals surface area contributed by atoms with Crippen molar-refractivity contribution in [2.75, 3.05) is 0 Å². The van der Waals surface area contributed by atoms with Crippen LogP contribution in [0.25, 0.3) is 10.8 Å². The lowest BCUT2D eigenvalue weighted by atomic mass is 10.0. The van der Waals surface area contributed by atoms with Crippen molar-refractivity contribution in [3.63, 3.8) is 0 Å². The molecule has 2 aromatic rings. The maximum absolute atomic E-state index is 8.95. The number of benzene rings is 2. The van der Waals surface area contributed by atoms with Gasteiger partial charge in [-0.3, -0.25) is 0 Å². The Balaban J connectivity index is 2.79.